The number of amides is 4. The van der Waals surface area contributed by atoms with Crippen molar-refractivity contribution in [2.24, 2.45) is 41.4 Å². The average molecular weight is 1430 g/mol. The number of likely N-dealkylation sites (tertiary alicyclic amines) is 4. The van der Waals surface area contributed by atoms with Gasteiger partial charge in [-0.25, -0.2) is 0 Å². The predicted octanol–water partition coefficient (Wildman–Crippen LogP) is 18.5. The van der Waals surface area contributed by atoms with Gasteiger partial charge >= 0.3 is 0 Å². The molecule has 20 rings (SSSR count). The molecule has 4 unspecified atom stereocenters. The number of piperidine rings is 4. The van der Waals surface area contributed by atoms with Gasteiger partial charge in [0.05, 0.1) is 24.2 Å². The fraction of sp³-hybridized carbons (Fsp3) is 0.699. The third-order valence-electron chi connectivity index (χ3n) is 31.6. The summed E-state index contributed by atoms with van der Waals surface area (Å²) in [6, 6.07) is 39.7. The summed E-state index contributed by atoms with van der Waals surface area (Å²) in [5, 5.41) is 12.8. The first-order valence-corrected chi connectivity index (χ1v) is 43.5. The number of hydrogen-bond donors (Lipinski definition) is 4. The quantitative estimate of drug-likeness (QED) is 0.124. The molecule has 6 atom stereocenters. The molecule has 12 fully saturated rings. The lowest BCUT2D eigenvalue weighted by Crippen LogP contribution is -2.58. The van der Waals surface area contributed by atoms with Crippen molar-refractivity contribution in [2.75, 3.05) is 52.4 Å². The van der Waals surface area contributed by atoms with Gasteiger partial charge < -0.3 is 36.0 Å². The number of rotatable bonds is 10. The highest BCUT2D eigenvalue weighted by atomic mass is 16.2. The molecule has 4 aromatic carbocycles. The molecule has 4 amide bonds. The average Bonchev–Trinajstić information content (AvgIpc) is 1.68. The number of nitrogens with one attached hydrogen (secondary N) is 4. The van der Waals surface area contributed by atoms with Crippen LogP contribution in [0.5, 0.6) is 0 Å². The van der Waals surface area contributed by atoms with Crippen LogP contribution in [0.1, 0.15) is 321 Å². The van der Waals surface area contributed by atoms with Crippen LogP contribution >= 0.6 is 0 Å². The van der Waals surface area contributed by atoms with Crippen LogP contribution < -0.4 is 21.3 Å². The SMILES string of the molecule is CC(=O)NC1CC2(CCN(C3CC4CCC(C4)C3)CC2)c2ccccc21.CC(=O)NC1CC2(CCN(C3CCCCC3)CC2)c2ccccc21.CC(=O)N[C@H]1CC2(CCN(C3C4CC5CC(C4)CC3C5)CC2)c2ccccc21.CCCC1CCC(N2CCC3(CC2)C[C@H](NC(C)=O)c2ccccc23)CC1.[HH].[HH].[HH].[HH]. The molecular weight excluding hydrogens is 1290 g/mol. The Morgan fingerprint density at radius 1 is 0.352 bits per heavy atom. The number of hydrogen-bond acceptors (Lipinski definition) is 8. The van der Waals surface area contributed by atoms with Crippen molar-refractivity contribution in [3.8, 4) is 0 Å². The topological polar surface area (TPSA) is 129 Å². The van der Waals surface area contributed by atoms with E-state index in [0.717, 1.165) is 91.3 Å². The van der Waals surface area contributed by atoms with Gasteiger partial charge in [0.25, 0.3) is 0 Å². The maximum absolute atomic E-state index is 11.8. The van der Waals surface area contributed by atoms with Crippen LogP contribution in [-0.2, 0) is 40.8 Å². The number of benzene rings is 4. The molecule has 4 aliphatic heterocycles. The van der Waals surface area contributed by atoms with E-state index in [-0.39, 0.29) is 75.2 Å². The van der Waals surface area contributed by atoms with Gasteiger partial charge in [-0.3, -0.25) is 24.1 Å². The summed E-state index contributed by atoms with van der Waals surface area (Å²) in [5.41, 5.74) is 12.7. The fourth-order valence-electron chi connectivity index (χ4n) is 27.1. The second-order valence-corrected chi connectivity index (χ2v) is 37.8. The molecular formula is C93H140N8O4. The Balaban J connectivity index is 0.000000134. The molecule has 4 saturated heterocycles. The maximum atomic E-state index is 11.8. The highest BCUT2D eigenvalue weighted by Crippen LogP contribution is 2.59. The largest absolute Gasteiger partial charge is 0.349 e. The van der Waals surface area contributed by atoms with E-state index in [1.807, 2.05) is 0 Å². The number of carbonyl (C=O) groups excluding carboxylic acids is 4. The van der Waals surface area contributed by atoms with E-state index in [1.165, 1.54) is 277 Å². The van der Waals surface area contributed by atoms with Gasteiger partial charge in [0.1, 0.15) is 0 Å². The summed E-state index contributed by atoms with van der Waals surface area (Å²) in [7, 11) is 0. The first kappa shape index (κ1) is 73.7. The van der Waals surface area contributed by atoms with Crippen LogP contribution in [0.25, 0.3) is 0 Å². The number of nitrogens with zero attached hydrogens (tertiary/aromatic N) is 4. The third kappa shape index (κ3) is 15.4. The lowest BCUT2D eigenvalue weighted by molar-refractivity contribution is -0.120. The van der Waals surface area contributed by atoms with Gasteiger partial charge in [0.2, 0.25) is 23.6 Å². The Morgan fingerprint density at radius 3 is 0.990 bits per heavy atom. The van der Waals surface area contributed by atoms with Crippen LogP contribution in [0.15, 0.2) is 97.1 Å². The molecule has 12 heteroatoms. The molecule has 12 aliphatic carbocycles. The molecule has 6 bridgehead atoms. The van der Waals surface area contributed by atoms with Crippen LogP contribution in [0, 0.1) is 41.4 Å². The van der Waals surface area contributed by atoms with Gasteiger partial charge in [-0.2, -0.15) is 0 Å². The van der Waals surface area contributed by atoms with Crippen molar-refractivity contribution in [2.45, 2.75) is 317 Å². The molecule has 4 heterocycles. The van der Waals surface area contributed by atoms with Crippen LogP contribution in [0.4, 0.5) is 0 Å². The molecule has 0 radical (unpaired) electrons. The minimum absolute atomic E-state index is 0. The summed E-state index contributed by atoms with van der Waals surface area (Å²) in [4.78, 5) is 58.1. The highest BCUT2D eigenvalue weighted by Gasteiger charge is 2.55. The maximum Gasteiger partial charge on any atom is 0.217 e. The van der Waals surface area contributed by atoms with E-state index in [1.54, 1.807) is 34.1 Å². The normalized spacial score (nSPS) is 33.6. The van der Waals surface area contributed by atoms with Crippen molar-refractivity contribution >= 4 is 23.6 Å². The molecule has 0 aromatic heterocycles. The van der Waals surface area contributed by atoms with E-state index < -0.39 is 0 Å². The smallest absolute Gasteiger partial charge is 0.217 e. The molecule has 12 nitrogen and oxygen atoms in total. The zero-order valence-electron chi connectivity index (χ0n) is 65.3. The summed E-state index contributed by atoms with van der Waals surface area (Å²) in [6.45, 7) is 18.8. The molecule has 4 spiro atoms. The van der Waals surface area contributed by atoms with Gasteiger partial charge in [-0.15, -0.1) is 0 Å². The minimum Gasteiger partial charge on any atom is -0.349 e. The Labute approximate surface area is 638 Å². The lowest BCUT2D eigenvalue weighted by Gasteiger charge is -2.58. The van der Waals surface area contributed by atoms with Crippen molar-refractivity contribution < 1.29 is 24.9 Å². The van der Waals surface area contributed by atoms with E-state index in [2.05, 4.69) is 145 Å². The molecule has 4 aromatic rings. The van der Waals surface area contributed by atoms with Gasteiger partial charge in [-0.1, -0.05) is 149 Å². The Kier molecular flexibility index (Phi) is 22.1. The van der Waals surface area contributed by atoms with Crippen molar-refractivity contribution in [1.29, 1.82) is 0 Å². The van der Waals surface area contributed by atoms with Gasteiger partial charge in [-0.05, 0) is 305 Å². The van der Waals surface area contributed by atoms with Crippen LogP contribution in [0.2, 0.25) is 0 Å². The van der Waals surface area contributed by atoms with Crippen molar-refractivity contribution in [3.63, 3.8) is 0 Å². The predicted molar refractivity (Wildman–Crippen MR) is 431 cm³/mol. The summed E-state index contributed by atoms with van der Waals surface area (Å²) >= 11 is 0. The van der Waals surface area contributed by atoms with Crippen molar-refractivity contribution in [3.05, 3.63) is 142 Å². The second kappa shape index (κ2) is 31.5. The molecule has 576 valence electrons. The van der Waals surface area contributed by atoms with E-state index in [0.29, 0.717) is 0 Å². The highest BCUT2D eigenvalue weighted by molar-refractivity contribution is 5.75. The zero-order valence-corrected chi connectivity index (χ0v) is 65.3. The number of carbonyl (C=O) groups is 4. The summed E-state index contributed by atoms with van der Waals surface area (Å²) < 4.78 is 0. The van der Waals surface area contributed by atoms with Crippen LogP contribution in [-0.4, -0.2) is 120 Å². The molecule has 16 aliphatic rings. The Hall–Kier alpha value is -5.40. The first-order valence-electron chi connectivity index (χ1n) is 43.5. The standard InChI is InChI=1S/C25H34N2O.C24H36N2O.C23H32N2O.C21H30N2O.4H2/c1-16(28)26-23-15-25(22-5-3-2-4-21(22)23)6-8-27(9-7-25)24-19-11-17-10-18(13-19)14-20(24)12-17;1-3-6-19-9-11-20(12-10-19)26-15-13-24(14-16-26)17-23(25-18(2)27)21-7-4-5-8-22(21)24;1-16(26)24-22-15-23(21-5-3-2-4-20(21)22)8-10-25(11-9-23)19-13-17-6-7-18(12-17)14-19;1-16(24)22-20-15-21(19-10-6-5-9-18(19)20)11-13-23(14-12-21)17-7-3-2-4-8-17;;;;/h2-5,17-20,23-24H,6-15H2,1H3,(H,26,28);4-5,7-8,19-20,23H,3,6,9-17H2,1-2H3,(H,25,27);2-5,17-19,22H,6-15H2,1H3,(H,24,26);5-6,9-10,17,20H,2-4,7-8,11-15H2,1H3,(H,22,24);4*1H/t17?,18?,19?,20?,23-,24?;19?,20?,23-;;;;;;/m00....../s1. The van der Waals surface area contributed by atoms with E-state index in [4.69, 9.17) is 0 Å². The van der Waals surface area contributed by atoms with Gasteiger partial charge in [0, 0.05) is 79.2 Å². The molecule has 105 heavy (non-hydrogen) atoms. The number of fused-ring (bicyclic) bond motifs is 10. The Bertz CT molecular complexity index is 3650. The summed E-state index contributed by atoms with van der Waals surface area (Å²) in [5.74, 6) is 7.52. The minimum atomic E-state index is 0. The van der Waals surface area contributed by atoms with E-state index >= 15 is 0 Å². The summed E-state index contributed by atoms with van der Waals surface area (Å²) in [6.07, 6.45) is 44.9. The zero-order chi connectivity index (χ0) is 72.0. The molecule has 4 N–H and O–H groups in total. The first-order chi connectivity index (χ1) is 51.0. The van der Waals surface area contributed by atoms with Gasteiger partial charge in [0.15, 0.2) is 0 Å². The lowest BCUT2D eigenvalue weighted by atomic mass is 9.53. The van der Waals surface area contributed by atoms with E-state index in [9.17, 15) is 19.2 Å². The fourth-order valence-corrected chi connectivity index (χ4v) is 27.1. The second-order valence-electron chi connectivity index (χ2n) is 37.8. The molecule has 8 saturated carbocycles. The third-order valence-corrected chi connectivity index (χ3v) is 31.6. The monoisotopic (exact) mass is 1430 g/mol. The van der Waals surface area contributed by atoms with Crippen molar-refractivity contribution in [1.82, 2.24) is 40.9 Å². The van der Waals surface area contributed by atoms with Crippen LogP contribution in [0.3, 0.4) is 0 Å². The Morgan fingerprint density at radius 2 is 0.657 bits per heavy atom.